The summed E-state index contributed by atoms with van der Waals surface area (Å²) in [5.74, 6) is 0.531. The Kier molecular flexibility index (Phi) is 2.82. The third-order valence-corrected chi connectivity index (χ3v) is 2.83. The van der Waals surface area contributed by atoms with E-state index in [2.05, 4.69) is 0 Å². The topological polar surface area (TPSA) is 29.5 Å². The van der Waals surface area contributed by atoms with Crippen LogP contribution in [0.3, 0.4) is 0 Å². The van der Waals surface area contributed by atoms with Gasteiger partial charge in [0, 0.05) is 17.6 Å². The normalized spacial score (nSPS) is 19.6. The van der Waals surface area contributed by atoms with Crippen molar-refractivity contribution in [3.8, 4) is 5.75 Å². The summed E-state index contributed by atoms with van der Waals surface area (Å²) in [4.78, 5) is 13.3. The third kappa shape index (κ3) is 2.23. The number of rotatable bonds is 1. The van der Waals surface area contributed by atoms with Crippen molar-refractivity contribution in [2.75, 3.05) is 6.54 Å². The molecule has 1 amide bonds. The van der Waals surface area contributed by atoms with E-state index in [0.717, 1.165) is 13.0 Å². The van der Waals surface area contributed by atoms with Gasteiger partial charge in [-0.25, -0.2) is 4.79 Å². The van der Waals surface area contributed by atoms with Gasteiger partial charge in [-0.1, -0.05) is 11.6 Å². The van der Waals surface area contributed by atoms with E-state index >= 15 is 0 Å². The van der Waals surface area contributed by atoms with Crippen molar-refractivity contribution >= 4 is 17.7 Å². The molecule has 0 aromatic heterocycles. The molecule has 1 aromatic rings. The monoisotopic (exact) mass is 225 g/mol. The molecule has 1 unspecified atom stereocenters. The second kappa shape index (κ2) is 4.11. The number of amides is 1. The predicted octanol–water partition coefficient (Wildman–Crippen LogP) is 2.93. The summed E-state index contributed by atoms with van der Waals surface area (Å²) < 4.78 is 5.17. The van der Waals surface area contributed by atoms with E-state index in [9.17, 15) is 4.79 Å². The molecule has 15 heavy (non-hydrogen) atoms. The molecule has 0 saturated carbocycles. The molecule has 1 aliphatic rings. The molecule has 1 aromatic carbocycles. The van der Waals surface area contributed by atoms with Crippen LogP contribution in [0.25, 0.3) is 0 Å². The maximum absolute atomic E-state index is 11.6. The van der Waals surface area contributed by atoms with Crippen molar-refractivity contribution in [3.63, 3.8) is 0 Å². The minimum Gasteiger partial charge on any atom is -0.410 e. The van der Waals surface area contributed by atoms with E-state index in [0.29, 0.717) is 16.8 Å². The van der Waals surface area contributed by atoms with Gasteiger partial charge in [0.1, 0.15) is 5.75 Å². The van der Waals surface area contributed by atoms with Gasteiger partial charge in [-0.3, -0.25) is 0 Å². The zero-order valence-electron chi connectivity index (χ0n) is 8.44. The zero-order chi connectivity index (χ0) is 10.8. The standard InChI is InChI=1S/C11H12ClNO2/c1-8-6-7-13(8)11(14)15-10-4-2-9(12)3-5-10/h2-5,8H,6-7H2,1H3. The largest absolute Gasteiger partial charge is 0.415 e. The maximum Gasteiger partial charge on any atom is 0.415 e. The Labute approximate surface area is 93.6 Å². The predicted molar refractivity (Wildman–Crippen MR) is 58.3 cm³/mol. The van der Waals surface area contributed by atoms with Crippen LogP contribution in [0.4, 0.5) is 4.79 Å². The van der Waals surface area contributed by atoms with Crippen LogP contribution in [0.2, 0.25) is 5.02 Å². The quantitative estimate of drug-likeness (QED) is 0.736. The van der Waals surface area contributed by atoms with Gasteiger partial charge in [0.15, 0.2) is 0 Å². The first kappa shape index (κ1) is 10.3. The summed E-state index contributed by atoms with van der Waals surface area (Å²) in [6.45, 7) is 2.79. The van der Waals surface area contributed by atoms with Gasteiger partial charge in [-0.15, -0.1) is 0 Å². The molecule has 1 saturated heterocycles. The lowest BCUT2D eigenvalue weighted by Gasteiger charge is -2.37. The number of benzene rings is 1. The summed E-state index contributed by atoms with van der Waals surface area (Å²) in [6, 6.07) is 7.06. The first-order valence-electron chi connectivity index (χ1n) is 4.91. The Hall–Kier alpha value is -1.22. The molecule has 0 radical (unpaired) electrons. The van der Waals surface area contributed by atoms with Crippen molar-refractivity contribution in [2.24, 2.45) is 0 Å². The number of halogens is 1. The van der Waals surface area contributed by atoms with E-state index in [4.69, 9.17) is 16.3 Å². The summed E-state index contributed by atoms with van der Waals surface area (Å²) in [7, 11) is 0. The highest BCUT2D eigenvalue weighted by Crippen LogP contribution is 2.20. The lowest BCUT2D eigenvalue weighted by atomic mass is 10.1. The highest BCUT2D eigenvalue weighted by molar-refractivity contribution is 6.30. The summed E-state index contributed by atoms with van der Waals surface area (Å²) in [5.41, 5.74) is 0. The number of nitrogens with zero attached hydrogens (tertiary/aromatic N) is 1. The average Bonchev–Trinajstić information content (AvgIpc) is 2.19. The van der Waals surface area contributed by atoms with E-state index < -0.39 is 0 Å². The van der Waals surface area contributed by atoms with Crippen LogP contribution in [0.15, 0.2) is 24.3 Å². The second-order valence-electron chi connectivity index (χ2n) is 3.65. The van der Waals surface area contributed by atoms with E-state index in [-0.39, 0.29) is 6.09 Å². The molecule has 0 bridgehead atoms. The minimum atomic E-state index is -0.281. The number of carbonyl (C=O) groups excluding carboxylic acids is 1. The molecular formula is C11H12ClNO2. The SMILES string of the molecule is CC1CCN1C(=O)Oc1ccc(Cl)cc1. The number of hydrogen-bond acceptors (Lipinski definition) is 2. The zero-order valence-corrected chi connectivity index (χ0v) is 9.20. The Balaban J connectivity index is 1.96. The van der Waals surface area contributed by atoms with Gasteiger partial charge in [-0.2, -0.15) is 0 Å². The van der Waals surface area contributed by atoms with Gasteiger partial charge in [0.05, 0.1) is 0 Å². The van der Waals surface area contributed by atoms with Crippen LogP contribution in [-0.4, -0.2) is 23.6 Å². The van der Waals surface area contributed by atoms with Gasteiger partial charge in [-0.05, 0) is 37.6 Å². The third-order valence-electron chi connectivity index (χ3n) is 2.57. The maximum atomic E-state index is 11.6. The van der Waals surface area contributed by atoms with Gasteiger partial charge in [0.25, 0.3) is 0 Å². The molecule has 0 aliphatic carbocycles. The molecule has 1 fully saturated rings. The molecule has 80 valence electrons. The lowest BCUT2D eigenvalue weighted by Crippen LogP contribution is -2.50. The Morgan fingerprint density at radius 3 is 2.60 bits per heavy atom. The molecule has 0 N–H and O–H groups in total. The number of likely N-dealkylation sites (tertiary alicyclic amines) is 1. The van der Waals surface area contributed by atoms with Crippen molar-refractivity contribution in [2.45, 2.75) is 19.4 Å². The molecule has 1 aliphatic heterocycles. The summed E-state index contributed by atoms with van der Waals surface area (Å²) in [6.07, 6.45) is 0.770. The molecular weight excluding hydrogens is 214 g/mol. The highest BCUT2D eigenvalue weighted by Gasteiger charge is 2.29. The molecule has 4 heteroatoms. The summed E-state index contributed by atoms with van der Waals surface area (Å²) >= 11 is 5.72. The van der Waals surface area contributed by atoms with E-state index in [1.54, 1.807) is 29.2 Å². The average molecular weight is 226 g/mol. The smallest absolute Gasteiger partial charge is 0.410 e. The van der Waals surface area contributed by atoms with Gasteiger partial charge >= 0.3 is 6.09 Å². The first-order valence-corrected chi connectivity index (χ1v) is 5.28. The summed E-state index contributed by atoms with van der Waals surface area (Å²) in [5, 5.41) is 0.632. The van der Waals surface area contributed by atoms with Crippen LogP contribution in [0, 0.1) is 0 Å². The van der Waals surface area contributed by atoms with Crippen molar-refractivity contribution < 1.29 is 9.53 Å². The number of hydrogen-bond donors (Lipinski definition) is 0. The lowest BCUT2D eigenvalue weighted by molar-refractivity contribution is 0.0894. The minimum absolute atomic E-state index is 0.281. The van der Waals surface area contributed by atoms with Crippen LogP contribution < -0.4 is 4.74 Å². The fourth-order valence-electron chi connectivity index (χ4n) is 1.45. The molecule has 1 heterocycles. The fourth-order valence-corrected chi connectivity index (χ4v) is 1.58. The Morgan fingerprint density at radius 1 is 1.47 bits per heavy atom. The molecule has 0 spiro atoms. The van der Waals surface area contributed by atoms with Crippen LogP contribution in [0.1, 0.15) is 13.3 Å². The van der Waals surface area contributed by atoms with E-state index in [1.807, 2.05) is 6.92 Å². The second-order valence-corrected chi connectivity index (χ2v) is 4.09. The van der Waals surface area contributed by atoms with Crippen molar-refractivity contribution in [1.29, 1.82) is 0 Å². The first-order chi connectivity index (χ1) is 7.16. The Morgan fingerprint density at radius 2 is 2.13 bits per heavy atom. The Bertz CT molecular complexity index is 363. The van der Waals surface area contributed by atoms with Crippen molar-refractivity contribution in [3.05, 3.63) is 29.3 Å². The fraction of sp³-hybridized carbons (Fsp3) is 0.364. The van der Waals surface area contributed by atoms with Gasteiger partial charge in [0.2, 0.25) is 0 Å². The molecule has 1 atom stereocenters. The van der Waals surface area contributed by atoms with Gasteiger partial charge < -0.3 is 9.64 Å². The highest BCUT2D eigenvalue weighted by atomic mass is 35.5. The number of carbonyl (C=O) groups is 1. The van der Waals surface area contributed by atoms with Crippen LogP contribution in [0.5, 0.6) is 5.75 Å². The van der Waals surface area contributed by atoms with Crippen molar-refractivity contribution in [1.82, 2.24) is 4.90 Å². The molecule has 2 rings (SSSR count). The van der Waals surface area contributed by atoms with Crippen LogP contribution >= 0.6 is 11.6 Å². The van der Waals surface area contributed by atoms with Crippen LogP contribution in [-0.2, 0) is 0 Å². The van der Waals surface area contributed by atoms with E-state index in [1.165, 1.54) is 0 Å². The number of ether oxygens (including phenoxy) is 1. The molecule has 3 nitrogen and oxygen atoms in total.